The molecule has 1 saturated heterocycles. The maximum atomic E-state index is 11.9. The molecule has 1 heterocycles. The van der Waals surface area contributed by atoms with Crippen LogP contribution in [0.5, 0.6) is 5.75 Å². The molecule has 0 aromatic heterocycles. The molecule has 19 heavy (non-hydrogen) atoms. The van der Waals surface area contributed by atoms with Gasteiger partial charge >= 0.3 is 6.09 Å². The molecule has 0 spiro atoms. The Morgan fingerprint density at radius 2 is 2.32 bits per heavy atom. The van der Waals surface area contributed by atoms with Gasteiger partial charge in [-0.05, 0) is 18.2 Å². The molecule has 2 N–H and O–H groups in total. The molecule has 1 aliphatic heterocycles. The number of hydrogen-bond acceptors (Lipinski definition) is 3. The Hall–Kier alpha value is -1.95. The number of carbonyl (C=O) groups is 2. The lowest BCUT2D eigenvalue weighted by molar-refractivity contribution is -0.117. The molecule has 6 nitrogen and oxygen atoms in total. The van der Waals surface area contributed by atoms with Crippen molar-refractivity contribution in [1.29, 1.82) is 0 Å². The van der Waals surface area contributed by atoms with Crippen molar-refractivity contribution in [1.82, 2.24) is 5.32 Å². The third kappa shape index (κ3) is 2.90. The summed E-state index contributed by atoms with van der Waals surface area (Å²) in [4.78, 5) is 23.9. The van der Waals surface area contributed by atoms with Gasteiger partial charge in [-0.1, -0.05) is 11.6 Å². The molecule has 0 aliphatic carbocycles. The van der Waals surface area contributed by atoms with Gasteiger partial charge in [0.15, 0.2) is 0 Å². The first-order valence-corrected chi connectivity index (χ1v) is 6.02. The molecule has 2 rings (SSSR count). The van der Waals surface area contributed by atoms with Crippen molar-refractivity contribution in [3.8, 4) is 5.75 Å². The molecule has 1 aliphatic rings. The second kappa shape index (κ2) is 5.36. The van der Waals surface area contributed by atoms with Gasteiger partial charge in [0.25, 0.3) is 0 Å². The van der Waals surface area contributed by atoms with E-state index in [1.165, 1.54) is 12.0 Å². The van der Waals surface area contributed by atoms with Crippen molar-refractivity contribution in [2.45, 2.75) is 12.5 Å². The van der Waals surface area contributed by atoms with Crippen LogP contribution in [-0.4, -0.2) is 36.8 Å². The molecule has 1 unspecified atom stereocenters. The predicted molar refractivity (Wildman–Crippen MR) is 69.9 cm³/mol. The van der Waals surface area contributed by atoms with Gasteiger partial charge < -0.3 is 20.1 Å². The Balaban J connectivity index is 2.16. The van der Waals surface area contributed by atoms with Crippen molar-refractivity contribution in [2.75, 3.05) is 18.6 Å². The first-order chi connectivity index (χ1) is 9.01. The number of ether oxygens (including phenoxy) is 1. The van der Waals surface area contributed by atoms with E-state index in [0.717, 1.165) is 0 Å². The molecule has 1 atom stereocenters. The molecule has 1 aromatic rings. The van der Waals surface area contributed by atoms with Crippen LogP contribution in [0.2, 0.25) is 5.02 Å². The molecule has 0 saturated carbocycles. The fraction of sp³-hybridized carbons (Fsp3) is 0.333. The zero-order valence-electron chi connectivity index (χ0n) is 10.2. The summed E-state index contributed by atoms with van der Waals surface area (Å²) < 4.78 is 5.04. The second-order valence-electron chi connectivity index (χ2n) is 4.17. The van der Waals surface area contributed by atoms with Crippen LogP contribution < -0.4 is 15.0 Å². The van der Waals surface area contributed by atoms with E-state index >= 15 is 0 Å². The topological polar surface area (TPSA) is 78.9 Å². The SMILES string of the molecule is COc1ccc(N2CC(NC(=O)O)CC2=O)cc1Cl. The van der Waals surface area contributed by atoms with E-state index in [1.54, 1.807) is 18.2 Å². The van der Waals surface area contributed by atoms with Gasteiger partial charge in [-0.25, -0.2) is 4.79 Å². The van der Waals surface area contributed by atoms with Crippen LogP contribution in [0.15, 0.2) is 18.2 Å². The zero-order valence-corrected chi connectivity index (χ0v) is 11.0. The Labute approximate surface area is 114 Å². The van der Waals surface area contributed by atoms with Crippen molar-refractivity contribution < 1.29 is 19.4 Å². The molecular weight excluding hydrogens is 272 g/mol. The number of carboxylic acid groups (broad SMARTS) is 1. The van der Waals surface area contributed by atoms with E-state index in [9.17, 15) is 9.59 Å². The molecule has 1 aromatic carbocycles. The van der Waals surface area contributed by atoms with E-state index in [2.05, 4.69) is 5.32 Å². The van der Waals surface area contributed by atoms with E-state index < -0.39 is 12.1 Å². The average Bonchev–Trinajstić information content (AvgIpc) is 2.69. The van der Waals surface area contributed by atoms with Gasteiger partial charge in [-0.15, -0.1) is 0 Å². The lowest BCUT2D eigenvalue weighted by atomic mass is 10.2. The average molecular weight is 285 g/mol. The minimum absolute atomic E-state index is 0.139. The fourth-order valence-electron chi connectivity index (χ4n) is 2.05. The van der Waals surface area contributed by atoms with Crippen molar-refractivity contribution in [3.05, 3.63) is 23.2 Å². The highest BCUT2D eigenvalue weighted by molar-refractivity contribution is 6.32. The Bertz CT molecular complexity index is 520. The van der Waals surface area contributed by atoms with Crippen molar-refractivity contribution in [3.63, 3.8) is 0 Å². The van der Waals surface area contributed by atoms with Crippen LogP contribution in [0.1, 0.15) is 6.42 Å². The summed E-state index contributed by atoms with van der Waals surface area (Å²) in [6.45, 7) is 0.299. The normalized spacial score (nSPS) is 18.5. The Kier molecular flexibility index (Phi) is 3.80. The molecule has 1 fully saturated rings. The number of nitrogens with one attached hydrogen (secondary N) is 1. The largest absolute Gasteiger partial charge is 0.495 e. The van der Waals surface area contributed by atoms with Gasteiger partial charge in [0, 0.05) is 18.7 Å². The quantitative estimate of drug-likeness (QED) is 0.886. The molecule has 0 radical (unpaired) electrons. The number of carbonyl (C=O) groups excluding carboxylic acids is 1. The third-order valence-corrected chi connectivity index (χ3v) is 3.20. The maximum Gasteiger partial charge on any atom is 0.404 e. The highest BCUT2D eigenvalue weighted by atomic mass is 35.5. The first-order valence-electron chi connectivity index (χ1n) is 5.64. The molecule has 102 valence electrons. The van der Waals surface area contributed by atoms with Crippen molar-refractivity contribution in [2.24, 2.45) is 0 Å². The van der Waals surface area contributed by atoms with Gasteiger partial charge in [0.2, 0.25) is 5.91 Å². The highest BCUT2D eigenvalue weighted by Crippen LogP contribution is 2.31. The van der Waals surface area contributed by atoms with Crippen LogP contribution in [0.25, 0.3) is 0 Å². The number of benzene rings is 1. The van der Waals surface area contributed by atoms with Crippen LogP contribution in [0.4, 0.5) is 10.5 Å². The number of hydrogen-bond donors (Lipinski definition) is 2. The van der Waals surface area contributed by atoms with Crippen LogP contribution >= 0.6 is 11.6 Å². The van der Waals surface area contributed by atoms with Gasteiger partial charge in [0.1, 0.15) is 5.75 Å². The number of rotatable bonds is 3. The predicted octanol–water partition coefficient (Wildman–Crippen LogP) is 1.72. The lowest BCUT2D eigenvalue weighted by Crippen LogP contribution is -2.36. The third-order valence-electron chi connectivity index (χ3n) is 2.90. The zero-order chi connectivity index (χ0) is 14.0. The van der Waals surface area contributed by atoms with Crippen LogP contribution in [0.3, 0.4) is 0 Å². The smallest absolute Gasteiger partial charge is 0.404 e. The maximum absolute atomic E-state index is 11.9. The summed E-state index contributed by atoms with van der Waals surface area (Å²) in [5.74, 6) is 0.386. The highest BCUT2D eigenvalue weighted by Gasteiger charge is 2.31. The number of nitrogens with zero attached hydrogens (tertiary/aromatic N) is 1. The Morgan fingerprint density at radius 1 is 1.58 bits per heavy atom. The van der Waals surface area contributed by atoms with Gasteiger partial charge in [0.05, 0.1) is 18.2 Å². The Morgan fingerprint density at radius 3 is 2.89 bits per heavy atom. The van der Waals surface area contributed by atoms with Gasteiger partial charge in [-0.3, -0.25) is 4.79 Å². The second-order valence-corrected chi connectivity index (χ2v) is 4.58. The number of amides is 2. The van der Waals surface area contributed by atoms with Crippen LogP contribution in [0, 0.1) is 0 Å². The number of halogens is 1. The number of methoxy groups -OCH3 is 1. The standard InChI is InChI=1S/C12H13ClN2O4/c1-19-10-3-2-8(5-9(10)13)15-6-7(4-11(15)16)14-12(17)18/h2-3,5,7,14H,4,6H2,1H3,(H,17,18). The number of anilines is 1. The van der Waals surface area contributed by atoms with E-state index in [1.807, 2.05) is 0 Å². The summed E-state index contributed by atoms with van der Waals surface area (Å²) in [7, 11) is 1.51. The van der Waals surface area contributed by atoms with Crippen molar-refractivity contribution >= 4 is 29.3 Å². The minimum Gasteiger partial charge on any atom is -0.495 e. The lowest BCUT2D eigenvalue weighted by Gasteiger charge is -2.17. The summed E-state index contributed by atoms with van der Waals surface area (Å²) >= 11 is 6.00. The summed E-state index contributed by atoms with van der Waals surface area (Å²) in [6, 6.07) is 4.61. The van der Waals surface area contributed by atoms with E-state index in [-0.39, 0.29) is 12.3 Å². The fourth-order valence-corrected chi connectivity index (χ4v) is 2.30. The van der Waals surface area contributed by atoms with Crippen LogP contribution in [-0.2, 0) is 4.79 Å². The molecule has 7 heteroatoms. The first kappa shape index (κ1) is 13.5. The minimum atomic E-state index is -1.13. The van der Waals surface area contributed by atoms with Gasteiger partial charge in [-0.2, -0.15) is 0 Å². The van der Waals surface area contributed by atoms with E-state index in [0.29, 0.717) is 23.0 Å². The molecule has 2 amide bonds. The summed E-state index contributed by atoms with van der Waals surface area (Å²) in [5.41, 5.74) is 0.630. The molecular formula is C12H13ClN2O4. The summed E-state index contributed by atoms with van der Waals surface area (Å²) in [5, 5.41) is 11.4. The van der Waals surface area contributed by atoms with E-state index in [4.69, 9.17) is 21.4 Å². The monoisotopic (exact) mass is 284 g/mol. The summed E-state index contributed by atoms with van der Waals surface area (Å²) in [6.07, 6.45) is -0.983. The molecule has 0 bridgehead atoms.